The van der Waals surface area contributed by atoms with Crippen LogP contribution in [0.25, 0.3) is 0 Å². The summed E-state index contributed by atoms with van der Waals surface area (Å²) >= 11 is 0. The molecule has 2 aliphatic rings. The van der Waals surface area contributed by atoms with Gasteiger partial charge in [-0.3, -0.25) is 4.79 Å². The lowest BCUT2D eigenvalue weighted by Gasteiger charge is -2.26. The van der Waals surface area contributed by atoms with Gasteiger partial charge in [-0.1, -0.05) is 6.07 Å². The molecule has 5 nitrogen and oxygen atoms in total. The number of carbonyl (C=O) groups is 1. The molecule has 3 rings (SSSR count). The SMILES string of the molecule is O=C(CCc1ccc2c(c1)OCO2)N1CCOCC1. The molecule has 5 heteroatoms. The predicted molar refractivity (Wildman–Crippen MR) is 68.3 cm³/mol. The summed E-state index contributed by atoms with van der Waals surface area (Å²) in [5, 5.41) is 0. The maximum Gasteiger partial charge on any atom is 0.231 e. The minimum absolute atomic E-state index is 0.195. The number of benzene rings is 1. The number of hydrogen-bond donors (Lipinski definition) is 0. The lowest BCUT2D eigenvalue weighted by molar-refractivity contribution is -0.135. The van der Waals surface area contributed by atoms with Crippen molar-refractivity contribution in [3.8, 4) is 11.5 Å². The number of carbonyl (C=O) groups excluding carboxylic acids is 1. The number of rotatable bonds is 3. The van der Waals surface area contributed by atoms with Crippen LogP contribution in [0.15, 0.2) is 18.2 Å². The molecule has 0 saturated carbocycles. The van der Waals surface area contributed by atoms with E-state index in [2.05, 4.69) is 0 Å². The Morgan fingerprint density at radius 3 is 2.79 bits per heavy atom. The van der Waals surface area contributed by atoms with Gasteiger partial charge in [0.15, 0.2) is 11.5 Å². The van der Waals surface area contributed by atoms with E-state index in [0.717, 1.165) is 23.5 Å². The standard InChI is InChI=1S/C14H17NO4/c16-14(15-5-7-17-8-6-15)4-2-11-1-3-12-13(9-11)19-10-18-12/h1,3,9H,2,4-8,10H2. The van der Waals surface area contributed by atoms with E-state index in [1.165, 1.54) is 0 Å². The highest BCUT2D eigenvalue weighted by atomic mass is 16.7. The zero-order valence-electron chi connectivity index (χ0n) is 10.8. The van der Waals surface area contributed by atoms with E-state index in [4.69, 9.17) is 14.2 Å². The van der Waals surface area contributed by atoms with Crippen LogP contribution in [-0.4, -0.2) is 43.9 Å². The Morgan fingerprint density at radius 1 is 1.16 bits per heavy atom. The van der Waals surface area contributed by atoms with E-state index in [1.807, 2.05) is 23.1 Å². The zero-order valence-corrected chi connectivity index (χ0v) is 10.8. The molecule has 0 spiro atoms. The number of nitrogens with zero attached hydrogens (tertiary/aromatic N) is 1. The van der Waals surface area contributed by atoms with Crippen LogP contribution in [0.3, 0.4) is 0 Å². The van der Waals surface area contributed by atoms with Crippen LogP contribution >= 0.6 is 0 Å². The summed E-state index contributed by atoms with van der Waals surface area (Å²) in [5.41, 5.74) is 1.10. The highest BCUT2D eigenvalue weighted by Crippen LogP contribution is 2.32. The molecule has 0 unspecified atom stereocenters. The third-order valence-electron chi connectivity index (χ3n) is 3.43. The summed E-state index contributed by atoms with van der Waals surface area (Å²) in [4.78, 5) is 13.9. The maximum absolute atomic E-state index is 12.0. The first-order valence-corrected chi connectivity index (χ1v) is 6.57. The fraction of sp³-hybridized carbons (Fsp3) is 0.500. The van der Waals surface area contributed by atoms with Crippen LogP contribution in [0.1, 0.15) is 12.0 Å². The van der Waals surface area contributed by atoms with Gasteiger partial charge in [-0.15, -0.1) is 0 Å². The Balaban J connectivity index is 1.55. The van der Waals surface area contributed by atoms with E-state index in [1.54, 1.807) is 0 Å². The van der Waals surface area contributed by atoms with E-state index in [9.17, 15) is 4.79 Å². The Hall–Kier alpha value is -1.75. The Labute approximate surface area is 112 Å². The minimum atomic E-state index is 0.195. The quantitative estimate of drug-likeness (QED) is 0.822. The molecule has 1 amide bonds. The number of ether oxygens (including phenoxy) is 3. The highest BCUT2D eigenvalue weighted by molar-refractivity contribution is 5.76. The van der Waals surface area contributed by atoms with E-state index >= 15 is 0 Å². The molecule has 19 heavy (non-hydrogen) atoms. The van der Waals surface area contributed by atoms with Gasteiger partial charge in [0, 0.05) is 19.5 Å². The van der Waals surface area contributed by atoms with Gasteiger partial charge in [-0.2, -0.15) is 0 Å². The smallest absolute Gasteiger partial charge is 0.231 e. The number of amides is 1. The first kappa shape index (κ1) is 12.3. The maximum atomic E-state index is 12.0. The van der Waals surface area contributed by atoms with Crippen molar-refractivity contribution in [2.75, 3.05) is 33.1 Å². The largest absolute Gasteiger partial charge is 0.454 e. The second kappa shape index (κ2) is 5.48. The molecule has 2 heterocycles. The van der Waals surface area contributed by atoms with Gasteiger partial charge in [-0.05, 0) is 24.1 Å². The van der Waals surface area contributed by atoms with Crippen molar-refractivity contribution < 1.29 is 19.0 Å². The van der Waals surface area contributed by atoms with Gasteiger partial charge in [0.2, 0.25) is 12.7 Å². The lowest BCUT2D eigenvalue weighted by Crippen LogP contribution is -2.40. The predicted octanol–water partition coefficient (Wildman–Crippen LogP) is 1.21. The molecule has 0 bridgehead atoms. The Kier molecular flexibility index (Phi) is 3.55. The van der Waals surface area contributed by atoms with Crippen molar-refractivity contribution in [2.24, 2.45) is 0 Å². The number of fused-ring (bicyclic) bond motifs is 1. The van der Waals surface area contributed by atoms with Crippen molar-refractivity contribution in [1.82, 2.24) is 4.90 Å². The van der Waals surface area contributed by atoms with Gasteiger partial charge in [-0.25, -0.2) is 0 Å². The molecule has 2 aliphatic heterocycles. The number of hydrogen-bond acceptors (Lipinski definition) is 4. The van der Waals surface area contributed by atoms with Crippen molar-refractivity contribution in [3.05, 3.63) is 23.8 Å². The second-order valence-electron chi connectivity index (χ2n) is 4.68. The van der Waals surface area contributed by atoms with E-state index < -0.39 is 0 Å². The summed E-state index contributed by atoms with van der Waals surface area (Å²) < 4.78 is 15.8. The molecule has 0 aliphatic carbocycles. The summed E-state index contributed by atoms with van der Waals surface area (Å²) in [6.07, 6.45) is 1.26. The first-order chi connectivity index (χ1) is 9.33. The number of morpholine rings is 1. The number of aryl methyl sites for hydroxylation is 1. The molecule has 1 fully saturated rings. The van der Waals surface area contributed by atoms with Crippen LogP contribution < -0.4 is 9.47 Å². The average Bonchev–Trinajstić information content (AvgIpc) is 2.93. The van der Waals surface area contributed by atoms with Gasteiger partial charge in [0.25, 0.3) is 0 Å². The van der Waals surface area contributed by atoms with Crippen LogP contribution in [0.5, 0.6) is 11.5 Å². The summed E-state index contributed by atoms with van der Waals surface area (Å²) in [5.74, 6) is 1.75. The summed E-state index contributed by atoms with van der Waals surface area (Å²) in [6, 6.07) is 5.84. The monoisotopic (exact) mass is 263 g/mol. The fourth-order valence-corrected chi connectivity index (χ4v) is 2.32. The van der Waals surface area contributed by atoms with Crippen LogP contribution in [0.2, 0.25) is 0 Å². The molecule has 0 aromatic heterocycles. The normalized spacial score (nSPS) is 17.6. The Bertz CT molecular complexity index is 469. The van der Waals surface area contributed by atoms with Gasteiger partial charge in [0.05, 0.1) is 13.2 Å². The van der Waals surface area contributed by atoms with Crippen molar-refractivity contribution in [1.29, 1.82) is 0 Å². The summed E-state index contributed by atoms with van der Waals surface area (Å²) in [7, 11) is 0. The van der Waals surface area contributed by atoms with Crippen LogP contribution in [0, 0.1) is 0 Å². The Morgan fingerprint density at radius 2 is 1.95 bits per heavy atom. The summed E-state index contributed by atoms with van der Waals surface area (Å²) in [6.45, 7) is 3.00. The van der Waals surface area contributed by atoms with Crippen LogP contribution in [0.4, 0.5) is 0 Å². The van der Waals surface area contributed by atoms with E-state index in [-0.39, 0.29) is 12.7 Å². The molecule has 102 valence electrons. The molecule has 1 aromatic carbocycles. The molecule has 1 saturated heterocycles. The van der Waals surface area contributed by atoms with Gasteiger partial charge in [0.1, 0.15) is 0 Å². The van der Waals surface area contributed by atoms with E-state index in [0.29, 0.717) is 32.7 Å². The second-order valence-corrected chi connectivity index (χ2v) is 4.68. The van der Waals surface area contributed by atoms with Crippen molar-refractivity contribution in [2.45, 2.75) is 12.8 Å². The van der Waals surface area contributed by atoms with Gasteiger partial charge >= 0.3 is 0 Å². The molecular weight excluding hydrogens is 246 g/mol. The topological polar surface area (TPSA) is 48.0 Å². The zero-order chi connectivity index (χ0) is 13.1. The molecule has 0 atom stereocenters. The van der Waals surface area contributed by atoms with Crippen LogP contribution in [-0.2, 0) is 16.0 Å². The molecule has 0 N–H and O–H groups in total. The highest BCUT2D eigenvalue weighted by Gasteiger charge is 2.17. The van der Waals surface area contributed by atoms with Crippen molar-refractivity contribution >= 4 is 5.91 Å². The lowest BCUT2D eigenvalue weighted by atomic mass is 10.1. The molecule has 1 aromatic rings. The minimum Gasteiger partial charge on any atom is -0.454 e. The average molecular weight is 263 g/mol. The van der Waals surface area contributed by atoms with Gasteiger partial charge < -0.3 is 19.1 Å². The van der Waals surface area contributed by atoms with Crippen molar-refractivity contribution in [3.63, 3.8) is 0 Å². The molecular formula is C14H17NO4. The fourth-order valence-electron chi connectivity index (χ4n) is 2.32. The molecule has 0 radical (unpaired) electrons. The third kappa shape index (κ3) is 2.81. The third-order valence-corrected chi connectivity index (χ3v) is 3.43. The first-order valence-electron chi connectivity index (χ1n) is 6.57.